The summed E-state index contributed by atoms with van der Waals surface area (Å²) in [6, 6.07) is 0.661. The Morgan fingerprint density at radius 1 is 1.55 bits per heavy atom. The van der Waals surface area contributed by atoms with Gasteiger partial charge >= 0.3 is 0 Å². The highest BCUT2D eigenvalue weighted by Gasteiger charge is 2.28. The minimum Gasteiger partial charge on any atom is -0.330 e. The van der Waals surface area contributed by atoms with Crippen LogP contribution in [0, 0.1) is 11.8 Å². The van der Waals surface area contributed by atoms with E-state index in [-0.39, 0.29) is 0 Å². The van der Waals surface area contributed by atoms with E-state index in [2.05, 4.69) is 19.3 Å². The summed E-state index contributed by atoms with van der Waals surface area (Å²) < 4.78 is 0. The summed E-state index contributed by atoms with van der Waals surface area (Å²) in [5.74, 6) is 1.53. The molecule has 0 amide bonds. The molecule has 3 N–H and O–H groups in total. The van der Waals surface area contributed by atoms with Crippen LogP contribution in [-0.2, 0) is 0 Å². The second kappa shape index (κ2) is 4.07. The van der Waals surface area contributed by atoms with Gasteiger partial charge in [0, 0.05) is 6.04 Å². The number of rotatable bonds is 4. The number of nitrogens with one attached hydrogen (secondary N) is 1. The Bertz CT molecular complexity index is 105. The van der Waals surface area contributed by atoms with Gasteiger partial charge in [-0.3, -0.25) is 0 Å². The molecule has 0 aromatic heterocycles. The van der Waals surface area contributed by atoms with Crippen LogP contribution in [0.15, 0.2) is 0 Å². The van der Waals surface area contributed by atoms with Crippen molar-refractivity contribution in [1.82, 2.24) is 5.32 Å². The van der Waals surface area contributed by atoms with Crippen molar-refractivity contribution in [3.63, 3.8) is 0 Å². The third-order valence-corrected chi connectivity index (χ3v) is 2.98. The average molecular weight is 156 g/mol. The molecule has 0 aromatic rings. The predicted molar refractivity (Wildman–Crippen MR) is 48.4 cm³/mol. The Balaban J connectivity index is 2.34. The maximum absolute atomic E-state index is 5.63. The first-order valence-corrected chi connectivity index (χ1v) is 4.67. The van der Waals surface area contributed by atoms with Crippen LogP contribution in [-0.4, -0.2) is 19.6 Å². The van der Waals surface area contributed by atoms with Gasteiger partial charge in [0.05, 0.1) is 0 Å². The zero-order valence-electron chi connectivity index (χ0n) is 7.64. The SMILES string of the molecule is CNC(C(C)CN)C1CCC1. The third-order valence-electron chi connectivity index (χ3n) is 2.98. The lowest BCUT2D eigenvalue weighted by Gasteiger charge is -2.36. The van der Waals surface area contributed by atoms with Crippen molar-refractivity contribution in [3.8, 4) is 0 Å². The summed E-state index contributed by atoms with van der Waals surface area (Å²) >= 11 is 0. The van der Waals surface area contributed by atoms with Crippen LogP contribution in [0.2, 0.25) is 0 Å². The molecule has 1 rings (SSSR count). The van der Waals surface area contributed by atoms with E-state index in [4.69, 9.17) is 5.73 Å². The van der Waals surface area contributed by atoms with E-state index in [1.807, 2.05) is 0 Å². The van der Waals surface area contributed by atoms with Crippen LogP contribution >= 0.6 is 0 Å². The van der Waals surface area contributed by atoms with Gasteiger partial charge in [-0.05, 0) is 38.3 Å². The first-order chi connectivity index (χ1) is 5.29. The van der Waals surface area contributed by atoms with E-state index in [9.17, 15) is 0 Å². The molecule has 1 aliphatic rings. The molecule has 2 nitrogen and oxygen atoms in total. The zero-order chi connectivity index (χ0) is 8.27. The maximum Gasteiger partial charge on any atom is 0.0130 e. The van der Waals surface area contributed by atoms with E-state index in [0.717, 1.165) is 12.5 Å². The van der Waals surface area contributed by atoms with Crippen molar-refractivity contribution < 1.29 is 0 Å². The van der Waals surface area contributed by atoms with Crippen molar-refractivity contribution in [3.05, 3.63) is 0 Å². The van der Waals surface area contributed by atoms with Gasteiger partial charge in [0.25, 0.3) is 0 Å². The van der Waals surface area contributed by atoms with E-state index in [0.29, 0.717) is 12.0 Å². The van der Waals surface area contributed by atoms with Crippen molar-refractivity contribution in [2.45, 2.75) is 32.2 Å². The normalized spacial score (nSPS) is 24.3. The van der Waals surface area contributed by atoms with Crippen LogP contribution in [0.25, 0.3) is 0 Å². The molecule has 2 atom stereocenters. The summed E-state index contributed by atoms with van der Waals surface area (Å²) in [6.07, 6.45) is 4.21. The monoisotopic (exact) mass is 156 g/mol. The minimum atomic E-state index is 0.630. The van der Waals surface area contributed by atoms with E-state index in [1.54, 1.807) is 0 Å². The summed E-state index contributed by atoms with van der Waals surface area (Å²) in [7, 11) is 2.05. The molecule has 1 saturated carbocycles. The van der Waals surface area contributed by atoms with Crippen molar-refractivity contribution in [2.75, 3.05) is 13.6 Å². The number of hydrogen-bond acceptors (Lipinski definition) is 2. The highest BCUT2D eigenvalue weighted by Crippen LogP contribution is 2.32. The molecule has 0 bridgehead atoms. The third kappa shape index (κ3) is 1.94. The maximum atomic E-state index is 5.63. The zero-order valence-corrected chi connectivity index (χ0v) is 7.64. The van der Waals surface area contributed by atoms with Crippen molar-refractivity contribution in [1.29, 1.82) is 0 Å². The number of hydrogen-bond donors (Lipinski definition) is 2. The Kier molecular flexibility index (Phi) is 3.34. The molecule has 1 fully saturated rings. The molecule has 11 heavy (non-hydrogen) atoms. The lowest BCUT2D eigenvalue weighted by molar-refractivity contribution is 0.192. The van der Waals surface area contributed by atoms with Crippen LogP contribution in [0.3, 0.4) is 0 Å². The molecule has 0 aromatic carbocycles. The Hall–Kier alpha value is -0.0800. The molecule has 0 saturated heterocycles. The van der Waals surface area contributed by atoms with Crippen LogP contribution in [0.1, 0.15) is 26.2 Å². The van der Waals surface area contributed by atoms with Gasteiger partial charge in [0.2, 0.25) is 0 Å². The van der Waals surface area contributed by atoms with Gasteiger partial charge in [0.15, 0.2) is 0 Å². The van der Waals surface area contributed by atoms with Gasteiger partial charge in [-0.1, -0.05) is 13.3 Å². The fourth-order valence-electron chi connectivity index (χ4n) is 1.93. The van der Waals surface area contributed by atoms with Gasteiger partial charge in [0.1, 0.15) is 0 Å². The molecular weight excluding hydrogens is 136 g/mol. The van der Waals surface area contributed by atoms with Crippen LogP contribution in [0.4, 0.5) is 0 Å². The van der Waals surface area contributed by atoms with E-state index >= 15 is 0 Å². The summed E-state index contributed by atoms with van der Waals surface area (Å²) in [6.45, 7) is 3.04. The minimum absolute atomic E-state index is 0.630. The summed E-state index contributed by atoms with van der Waals surface area (Å²) in [5.41, 5.74) is 5.63. The molecule has 0 spiro atoms. The second-order valence-electron chi connectivity index (χ2n) is 3.72. The quantitative estimate of drug-likeness (QED) is 0.636. The first-order valence-electron chi connectivity index (χ1n) is 4.67. The van der Waals surface area contributed by atoms with E-state index in [1.165, 1.54) is 19.3 Å². The topological polar surface area (TPSA) is 38.0 Å². The highest BCUT2D eigenvalue weighted by atomic mass is 14.9. The Morgan fingerprint density at radius 2 is 2.18 bits per heavy atom. The van der Waals surface area contributed by atoms with Gasteiger partial charge in [-0.25, -0.2) is 0 Å². The van der Waals surface area contributed by atoms with Gasteiger partial charge in [-0.15, -0.1) is 0 Å². The van der Waals surface area contributed by atoms with E-state index < -0.39 is 0 Å². The standard InChI is InChI=1S/C9H20N2/c1-7(6-10)9(11-2)8-4-3-5-8/h7-9,11H,3-6,10H2,1-2H3. The molecule has 0 heterocycles. The predicted octanol–water partition coefficient (Wildman–Crippen LogP) is 0.969. The fourth-order valence-corrected chi connectivity index (χ4v) is 1.93. The van der Waals surface area contributed by atoms with Crippen LogP contribution in [0.5, 0.6) is 0 Å². The van der Waals surface area contributed by atoms with Crippen molar-refractivity contribution in [2.24, 2.45) is 17.6 Å². The molecule has 1 aliphatic carbocycles. The summed E-state index contributed by atoms with van der Waals surface area (Å²) in [4.78, 5) is 0. The van der Waals surface area contributed by atoms with Gasteiger partial charge < -0.3 is 11.1 Å². The molecule has 2 heteroatoms. The number of nitrogens with two attached hydrogens (primary N) is 1. The molecule has 0 aliphatic heterocycles. The molecule has 2 unspecified atom stereocenters. The lowest BCUT2D eigenvalue weighted by Crippen LogP contribution is -2.44. The smallest absolute Gasteiger partial charge is 0.0130 e. The molecule has 0 radical (unpaired) electrons. The van der Waals surface area contributed by atoms with Gasteiger partial charge in [-0.2, -0.15) is 0 Å². The Labute approximate surface area is 69.5 Å². The van der Waals surface area contributed by atoms with Crippen LogP contribution < -0.4 is 11.1 Å². The largest absolute Gasteiger partial charge is 0.330 e. The first kappa shape index (κ1) is 9.01. The van der Waals surface area contributed by atoms with Crippen molar-refractivity contribution >= 4 is 0 Å². The second-order valence-corrected chi connectivity index (χ2v) is 3.72. The molecule has 66 valence electrons. The molecular formula is C9H20N2. The lowest BCUT2D eigenvalue weighted by atomic mass is 9.75. The summed E-state index contributed by atoms with van der Waals surface area (Å²) in [5, 5.41) is 3.37. The fraction of sp³-hybridized carbons (Fsp3) is 1.00. The average Bonchev–Trinajstić information content (AvgIpc) is 1.94. The highest BCUT2D eigenvalue weighted by molar-refractivity contribution is 4.85. The Morgan fingerprint density at radius 3 is 2.45 bits per heavy atom.